The average Bonchev–Trinajstić information content (AvgIpc) is 1.81. The van der Waals surface area contributed by atoms with E-state index in [9.17, 15) is 9.13 Å². The summed E-state index contributed by atoms with van der Waals surface area (Å²) in [6.45, 7) is -0.292. The first-order valence-electron chi connectivity index (χ1n) is 3.00. The number of hydrogen-bond acceptors (Lipinski definition) is 5. The van der Waals surface area contributed by atoms with Crippen LogP contribution >= 0.6 is 15.6 Å². The van der Waals surface area contributed by atoms with Crippen LogP contribution < -0.4 is 0 Å². The molecule has 0 rings (SSSR count). The van der Waals surface area contributed by atoms with Gasteiger partial charge >= 0.3 is 15.6 Å². The Morgan fingerprint density at radius 3 is 2.08 bits per heavy atom. The van der Waals surface area contributed by atoms with Gasteiger partial charge in [0.25, 0.3) is 0 Å². The van der Waals surface area contributed by atoms with Crippen molar-refractivity contribution in [1.82, 2.24) is 0 Å². The van der Waals surface area contributed by atoms with Gasteiger partial charge in [0.1, 0.15) is 0 Å². The van der Waals surface area contributed by atoms with Gasteiger partial charge in [0.05, 0.1) is 13.2 Å². The predicted octanol–water partition coefficient (Wildman–Crippen LogP) is -0.141. The lowest BCUT2D eigenvalue weighted by Gasteiger charge is -2.11. The van der Waals surface area contributed by atoms with Crippen LogP contribution in [0, 0.1) is 0 Å². The summed E-state index contributed by atoms with van der Waals surface area (Å²) in [6.07, 6.45) is 0. The molecule has 0 aliphatic carbocycles. The van der Waals surface area contributed by atoms with E-state index in [1.807, 2.05) is 0 Å². The predicted molar refractivity (Wildman–Crippen MR) is 40.8 cm³/mol. The number of ether oxygens (including phenoxy) is 1. The minimum absolute atomic E-state index is 0.00900. The highest BCUT2D eigenvalue weighted by atomic mass is 31.3. The van der Waals surface area contributed by atoms with Crippen molar-refractivity contribution in [2.24, 2.45) is 0 Å². The van der Waals surface area contributed by atoms with Crippen LogP contribution in [-0.4, -0.2) is 35.0 Å². The molecule has 10 heteroatoms. The number of methoxy groups -OCH3 is 1. The molecule has 0 aromatic carbocycles. The van der Waals surface area contributed by atoms with E-state index in [-0.39, 0.29) is 13.2 Å². The van der Waals surface area contributed by atoms with Gasteiger partial charge in [-0.05, 0) is 0 Å². The lowest BCUT2D eigenvalue weighted by molar-refractivity contribution is 0.117. The molecule has 3 N–H and O–H groups in total. The van der Waals surface area contributed by atoms with E-state index in [1.165, 1.54) is 7.11 Å². The Labute approximate surface area is 74.3 Å². The molecule has 0 amide bonds. The molecule has 1 atom stereocenters. The lowest BCUT2D eigenvalue weighted by atomic mass is 10.8. The van der Waals surface area contributed by atoms with E-state index in [1.54, 1.807) is 0 Å². The molecule has 0 heterocycles. The monoisotopic (exact) mass is 236 g/mol. The molecule has 1 unspecified atom stereocenters. The standard InChI is InChI=1S/C3H10O8P2/c1-9-2-3-10-13(7,8)11-12(4,5)6/h2-3H2,1H3,(H,7,8)(H2,4,5,6). The van der Waals surface area contributed by atoms with Crippen molar-refractivity contribution < 1.29 is 37.4 Å². The third-order valence-corrected chi connectivity index (χ3v) is 2.94. The summed E-state index contributed by atoms with van der Waals surface area (Å²) in [5, 5.41) is 0. The summed E-state index contributed by atoms with van der Waals surface area (Å²) in [5.41, 5.74) is 0. The molecule has 0 aliphatic rings. The summed E-state index contributed by atoms with van der Waals surface area (Å²) >= 11 is 0. The maximum Gasteiger partial charge on any atom is 0.481 e. The van der Waals surface area contributed by atoms with Crippen LogP contribution in [0.1, 0.15) is 0 Å². The van der Waals surface area contributed by atoms with Crippen molar-refractivity contribution in [3.05, 3.63) is 0 Å². The molecule has 0 radical (unpaired) electrons. The molecule has 0 fully saturated rings. The van der Waals surface area contributed by atoms with Gasteiger partial charge in [0.15, 0.2) is 0 Å². The summed E-state index contributed by atoms with van der Waals surface area (Å²) < 4.78 is 32.8. The van der Waals surface area contributed by atoms with Crippen LogP contribution in [-0.2, 0) is 22.7 Å². The van der Waals surface area contributed by atoms with Gasteiger partial charge in [-0.25, -0.2) is 9.13 Å². The molecular weight excluding hydrogens is 226 g/mol. The third kappa shape index (κ3) is 8.55. The molecule has 13 heavy (non-hydrogen) atoms. The van der Waals surface area contributed by atoms with E-state index in [2.05, 4.69) is 13.6 Å². The zero-order chi connectivity index (χ0) is 10.5. The second-order valence-corrected chi connectivity index (χ2v) is 4.70. The topological polar surface area (TPSA) is 123 Å². The normalized spacial score (nSPS) is 16.9. The largest absolute Gasteiger partial charge is 0.481 e. The van der Waals surface area contributed by atoms with Crippen LogP contribution in [0.4, 0.5) is 0 Å². The Bertz CT molecular complexity index is 232. The Kier molecular flexibility index (Phi) is 5.28. The van der Waals surface area contributed by atoms with Crippen molar-refractivity contribution in [3.8, 4) is 0 Å². The van der Waals surface area contributed by atoms with E-state index in [4.69, 9.17) is 14.7 Å². The molecule has 0 saturated heterocycles. The lowest BCUT2D eigenvalue weighted by Crippen LogP contribution is -2.01. The minimum atomic E-state index is -5.01. The van der Waals surface area contributed by atoms with Crippen molar-refractivity contribution in [2.45, 2.75) is 0 Å². The van der Waals surface area contributed by atoms with Gasteiger partial charge in [-0.3, -0.25) is 4.52 Å². The van der Waals surface area contributed by atoms with E-state index in [0.717, 1.165) is 0 Å². The fourth-order valence-corrected chi connectivity index (χ4v) is 1.96. The molecule has 0 spiro atoms. The number of phosphoric acid groups is 2. The van der Waals surface area contributed by atoms with Crippen LogP contribution in [0.2, 0.25) is 0 Å². The maximum atomic E-state index is 10.7. The molecule has 0 saturated carbocycles. The Balaban J connectivity index is 3.95. The van der Waals surface area contributed by atoms with E-state index < -0.39 is 15.6 Å². The van der Waals surface area contributed by atoms with Crippen molar-refractivity contribution >= 4 is 15.6 Å². The van der Waals surface area contributed by atoms with Gasteiger partial charge < -0.3 is 19.4 Å². The van der Waals surface area contributed by atoms with E-state index >= 15 is 0 Å². The highest BCUT2D eigenvalue weighted by molar-refractivity contribution is 7.60. The SMILES string of the molecule is COCCOP(=O)(O)OP(=O)(O)O. The Morgan fingerprint density at radius 1 is 1.15 bits per heavy atom. The van der Waals surface area contributed by atoms with Crippen molar-refractivity contribution in [1.29, 1.82) is 0 Å². The fraction of sp³-hybridized carbons (Fsp3) is 1.00. The summed E-state index contributed by atoms with van der Waals surface area (Å²) in [5.74, 6) is 0. The first kappa shape index (κ1) is 13.2. The van der Waals surface area contributed by atoms with Gasteiger partial charge in [0.2, 0.25) is 0 Å². The van der Waals surface area contributed by atoms with Crippen molar-refractivity contribution in [3.63, 3.8) is 0 Å². The number of rotatable bonds is 6. The third-order valence-electron chi connectivity index (χ3n) is 0.751. The Morgan fingerprint density at radius 2 is 1.69 bits per heavy atom. The van der Waals surface area contributed by atoms with Gasteiger partial charge in [-0.15, -0.1) is 0 Å². The van der Waals surface area contributed by atoms with Crippen LogP contribution in [0.3, 0.4) is 0 Å². The molecule has 0 aliphatic heterocycles. The highest BCUT2D eigenvalue weighted by Gasteiger charge is 2.31. The molecule has 80 valence electrons. The first-order chi connectivity index (χ1) is 5.77. The smallest absolute Gasteiger partial charge is 0.382 e. The Hall–Kier alpha value is 0.220. The van der Waals surface area contributed by atoms with Gasteiger partial charge in [-0.1, -0.05) is 0 Å². The van der Waals surface area contributed by atoms with Crippen LogP contribution in [0.25, 0.3) is 0 Å². The first-order valence-corrected chi connectivity index (χ1v) is 6.02. The van der Waals surface area contributed by atoms with Gasteiger partial charge in [0, 0.05) is 7.11 Å². The molecule has 0 bridgehead atoms. The molecular formula is C3H10O8P2. The van der Waals surface area contributed by atoms with E-state index in [0.29, 0.717) is 0 Å². The second kappa shape index (κ2) is 5.19. The van der Waals surface area contributed by atoms with Gasteiger partial charge in [-0.2, -0.15) is 4.31 Å². The zero-order valence-electron chi connectivity index (χ0n) is 6.69. The highest BCUT2D eigenvalue weighted by Crippen LogP contribution is 2.57. The summed E-state index contributed by atoms with van der Waals surface area (Å²) in [7, 11) is -8.37. The average molecular weight is 236 g/mol. The maximum absolute atomic E-state index is 10.7. The number of phosphoric ester groups is 1. The van der Waals surface area contributed by atoms with Crippen molar-refractivity contribution in [2.75, 3.05) is 20.3 Å². The fourth-order valence-electron chi connectivity index (χ4n) is 0.394. The zero-order valence-corrected chi connectivity index (χ0v) is 8.48. The quantitative estimate of drug-likeness (QED) is 0.430. The summed E-state index contributed by atoms with van der Waals surface area (Å²) in [6, 6.07) is 0. The van der Waals surface area contributed by atoms with Crippen LogP contribution in [0.5, 0.6) is 0 Å². The second-order valence-electron chi connectivity index (χ2n) is 1.87. The molecule has 0 aromatic rings. The molecule has 0 aromatic heterocycles. The number of hydrogen-bond donors (Lipinski definition) is 3. The minimum Gasteiger partial charge on any atom is -0.382 e. The molecule has 8 nitrogen and oxygen atoms in total. The van der Waals surface area contributed by atoms with Crippen LogP contribution in [0.15, 0.2) is 0 Å². The summed E-state index contributed by atoms with van der Waals surface area (Å²) in [4.78, 5) is 25.0.